The Kier molecular flexibility index (Phi) is 15.5. The van der Waals surface area contributed by atoms with Gasteiger partial charge >= 0.3 is 12.2 Å². The molecular formula is C53H62Cl2N10O7. The first-order valence-electron chi connectivity index (χ1n) is 24.1. The van der Waals surface area contributed by atoms with Gasteiger partial charge in [0.1, 0.15) is 28.0 Å². The van der Waals surface area contributed by atoms with Crippen molar-refractivity contribution in [3.63, 3.8) is 0 Å². The van der Waals surface area contributed by atoms with Gasteiger partial charge in [0.2, 0.25) is 11.9 Å². The summed E-state index contributed by atoms with van der Waals surface area (Å²) in [5.41, 5.74) is 3.13. The van der Waals surface area contributed by atoms with Crippen LogP contribution in [0.2, 0.25) is 10.0 Å². The fourth-order valence-corrected chi connectivity index (χ4v) is 9.44. The van der Waals surface area contributed by atoms with Crippen molar-refractivity contribution in [1.29, 1.82) is 0 Å². The Balaban J connectivity index is 0.000000197. The number of hydrogen-bond acceptors (Lipinski definition) is 11. The molecule has 6 heterocycles. The van der Waals surface area contributed by atoms with Crippen LogP contribution in [0.25, 0.3) is 27.8 Å². The standard InChI is InChI=1S/C30H34ClN5O4.C23H28ClN5O3/c1-30(2,3)40-29(38)32-21-10-8-15-34(19-21)28-33-25-14-16-35(22-11-7-12-23(17-22)39-4)27(37)26(25)36(28)18-20-9-5-6-13-24(20)31;1-23(2,3)32-22(31)26-16-8-6-12-28(14-16)21-27-18-10-11-25-20(30)19(18)29(21)13-15-7-4-5-9-17(15)24/h5-7,9,11-14,16-17,21H,8,10,15,18-19H2,1-4H3,(H,32,38);4-5,7,9-11,16H,6,8,12-14H2,1-3H3,(H,25,30)(H,26,31)/t21-;16-/m11/s1. The van der Waals surface area contributed by atoms with Gasteiger partial charge in [0.15, 0.2) is 0 Å². The smallest absolute Gasteiger partial charge is 0.407 e. The van der Waals surface area contributed by atoms with Crippen molar-refractivity contribution in [2.75, 3.05) is 43.1 Å². The molecule has 0 aliphatic carbocycles. The number of hydrogen-bond donors (Lipinski definition) is 3. The summed E-state index contributed by atoms with van der Waals surface area (Å²) in [5, 5.41) is 7.22. The number of imidazole rings is 2. The molecule has 17 nitrogen and oxygen atoms in total. The first-order valence-corrected chi connectivity index (χ1v) is 24.9. The van der Waals surface area contributed by atoms with Crippen LogP contribution in [0.3, 0.4) is 0 Å². The van der Waals surface area contributed by atoms with Gasteiger partial charge in [-0.15, -0.1) is 0 Å². The van der Waals surface area contributed by atoms with Gasteiger partial charge < -0.3 is 48.8 Å². The second kappa shape index (κ2) is 21.8. The molecule has 0 spiro atoms. The first-order chi connectivity index (χ1) is 34.3. The molecule has 380 valence electrons. The van der Waals surface area contributed by atoms with Crippen LogP contribution in [0, 0.1) is 0 Å². The third-order valence-corrected chi connectivity index (χ3v) is 12.9. The normalized spacial score (nSPS) is 16.2. The molecule has 0 bridgehead atoms. The molecule has 2 atom stereocenters. The highest BCUT2D eigenvalue weighted by Gasteiger charge is 2.30. The number of halogens is 2. The Bertz CT molecular complexity index is 3190. The van der Waals surface area contributed by atoms with Crippen LogP contribution >= 0.6 is 23.2 Å². The maximum atomic E-state index is 14.0. The highest BCUT2D eigenvalue weighted by molar-refractivity contribution is 6.31. The number of alkyl carbamates (subject to hydrolysis) is 2. The summed E-state index contributed by atoms with van der Waals surface area (Å²) in [4.78, 5) is 68.1. The number of carbonyl (C=O) groups excluding carboxylic acids is 2. The van der Waals surface area contributed by atoms with E-state index in [1.165, 1.54) is 0 Å². The molecule has 2 aliphatic heterocycles. The number of methoxy groups -OCH3 is 1. The van der Waals surface area contributed by atoms with Gasteiger partial charge in [-0.3, -0.25) is 14.2 Å². The summed E-state index contributed by atoms with van der Waals surface area (Å²) in [6, 6.07) is 26.0. The number of pyridine rings is 2. The number of rotatable bonds is 10. The second-order valence-corrected chi connectivity index (χ2v) is 20.8. The third kappa shape index (κ3) is 12.4. The SMILES string of the molecule is CC(C)(C)OC(=O)N[C@@H]1CCCN(c2nc3cc[nH]c(=O)c3n2Cc2ccccc2Cl)C1.COc1cccc(-n2ccc3nc(N4CCC[C@@H](NC(=O)OC(C)(C)C)C4)n(Cc4ccccc4Cl)c3c2=O)c1. The molecular weight excluding hydrogens is 960 g/mol. The van der Waals surface area contributed by atoms with Crippen LogP contribution < -0.4 is 36.3 Å². The first kappa shape index (κ1) is 51.4. The van der Waals surface area contributed by atoms with Crippen molar-refractivity contribution in [1.82, 2.24) is 39.3 Å². The van der Waals surface area contributed by atoms with Crippen molar-refractivity contribution < 1.29 is 23.8 Å². The molecule has 2 amide bonds. The van der Waals surface area contributed by atoms with Crippen molar-refractivity contribution in [2.24, 2.45) is 0 Å². The summed E-state index contributed by atoms with van der Waals surface area (Å²) < 4.78 is 21.7. The maximum Gasteiger partial charge on any atom is 0.407 e. The molecule has 3 N–H and O–H groups in total. The summed E-state index contributed by atoms with van der Waals surface area (Å²) >= 11 is 13.0. The predicted molar refractivity (Wildman–Crippen MR) is 283 cm³/mol. The number of nitrogens with zero attached hydrogens (tertiary/aromatic N) is 7. The summed E-state index contributed by atoms with van der Waals surface area (Å²) in [6.07, 6.45) is 5.87. The zero-order valence-corrected chi connectivity index (χ0v) is 43.2. The molecule has 9 rings (SSSR count). The lowest BCUT2D eigenvalue weighted by Gasteiger charge is -2.34. The van der Waals surface area contributed by atoms with Crippen molar-refractivity contribution >= 4 is 69.4 Å². The summed E-state index contributed by atoms with van der Waals surface area (Å²) in [7, 11) is 1.60. The van der Waals surface area contributed by atoms with Gasteiger partial charge in [-0.1, -0.05) is 65.7 Å². The fraction of sp³-hybridized carbons (Fsp3) is 0.396. The summed E-state index contributed by atoms with van der Waals surface area (Å²) in [6.45, 7) is 14.5. The molecule has 2 saturated heterocycles. The van der Waals surface area contributed by atoms with Gasteiger partial charge in [-0.05, 0) is 115 Å². The Labute approximate surface area is 428 Å². The van der Waals surface area contributed by atoms with Crippen LogP contribution in [0.1, 0.15) is 78.4 Å². The Hall–Kier alpha value is -6.98. The number of H-pyrrole nitrogens is 1. The fourth-order valence-electron chi connectivity index (χ4n) is 9.05. The van der Waals surface area contributed by atoms with E-state index in [1.807, 2.05) is 130 Å². The van der Waals surface area contributed by atoms with Gasteiger partial charge in [-0.2, -0.15) is 0 Å². The second-order valence-electron chi connectivity index (χ2n) is 20.0. The topological polar surface area (TPSA) is 183 Å². The van der Waals surface area contributed by atoms with Gasteiger partial charge in [0.25, 0.3) is 11.1 Å². The van der Waals surface area contributed by atoms with Crippen LogP contribution in [0.4, 0.5) is 21.5 Å². The van der Waals surface area contributed by atoms with Crippen LogP contribution in [0.5, 0.6) is 5.75 Å². The molecule has 4 aromatic heterocycles. The quantitative estimate of drug-likeness (QED) is 0.119. The van der Waals surface area contributed by atoms with Crippen molar-refractivity contribution in [3.8, 4) is 11.4 Å². The molecule has 3 aromatic carbocycles. The average molecular weight is 1020 g/mol. The number of piperidine rings is 2. The number of benzene rings is 3. The van der Waals surface area contributed by atoms with Gasteiger partial charge in [0.05, 0.1) is 36.9 Å². The number of aromatic nitrogens is 6. The maximum absolute atomic E-state index is 14.0. The molecule has 7 aromatic rings. The minimum Gasteiger partial charge on any atom is -0.497 e. The predicted octanol–water partition coefficient (Wildman–Crippen LogP) is 9.31. The number of nitrogens with one attached hydrogen (secondary N) is 3. The zero-order valence-electron chi connectivity index (χ0n) is 41.7. The minimum atomic E-state index is -0.579. The van der Waals surface area contributed by atoms with Gasteiger partial charge in [-0.25, -0.2) is 19.6 Å². The molecule has 19 heteroatoms. The van der Waals surface area contributed by atoms with Crippen LogP contribution in [-0.4, -0.2) is 97.4 Å². The van der Waals surface area contributed by atoms with Crippen LogP contribution in [0.15, 0.2) is 107 Å². The van der Waals surface area contributed by atoms with E-state index in [2.05, 4.69) is 25.4 Å². The average Bonchev–Trinajstić information content (AvgIpc) is 3.89. The van der Waals surface area contributed by atoms with E-state index in [0.29, 0.717) is 81.6 Å². The third-order valence-electron chi connectivity index (χ3n) is 12.2. The summed E-state index contributed by atoms with van der Waals surface area (Å²) in [5.74, 6) is 2.00. The van der Waals surface area contributed by atoms with E-state index in [0.717, 1.165) is 49.9 Å². The van der Waals surface area contributed by atoms with Crippen LogP contribution in [-0.2, 0) is 22.6 Å². The highest BCUT2D eigenvalue weighted by Crippen LogP contribution is 2.30. The Morgan fingerprint density at radius 2 is 1.21 bits per heavy atom. The van der Waals surface area contributed by atoms with Crippen molar-refractivity contribution in [3.05, 3.63) is 139 Å². The molecule has 0 unspecified atom stereocenters. The zero-order chi connectivity index (χ0) is 51.3. The largest absolute Gasteiger partial charge is 0.497 e. The molecule has 0 saturated carbocycles. The lowest BCUT2D eigenvalue weighted by atomic mass is 10.1. The molecule has 2 aliphatic rings. The molecule has 72 heavy (non-hydrogen) atoms. The van der Waals surface area contributed by atoms with E-state index in [4.69, 9.17) is 47.4 Å². The highest BCUT2D eigenvalue weighted by atomic mass is 35.5. The van der Waals surface area contributed by atoms with E-state index in [9.17, 15) is 19.2 Å². The molecule has 2 fully saturated rings. The molecule has 0 radical (unpaired) electrons. The van der Waals surface area contributed by atoms with E-state index >= 15 is 0 Å². The van der Waals surface area contributed by atoms with E-state index in [1.54, 1.807) is 30.1 Å². The number of amides is 2. The number of anilines is 2. The minimum absolute atomic E-state index is 0.0783. The number of aromatic amines is 1. The number of carbonyl (C=O) groups is 2. The monoisotopic (exact) mass is 1020 g/mol. The lowest BCUT2D eigenvalue weighted by Crippen LogP contribution is -2.49. The number of ether oxygens (including phenoxy) is 3. The Morgan fingerprint density at radius 1 is 0.694 bits per heavy atom. The van der Waals surface area contributed by atoms with Gasteiger partial charge in [0, 0.05) is 66.8 Å². The van der Waals surface area contributed by atoms with E-state index < -0.39 is 23.4 Å². The Morgan fingerprint density at radius 3 is 1.72 bits per heavy atom. The lowest BCUT2D eigenvalue weighted by molar-refractivity contribution is 0.0488. The van der Waals surface area contributed by atoms with Crippen molar-refractivity contribution in [2.45, 2.75) is 104 Å². The van der Waals surface area contributed by atoms with E-state index in [-0.39, 0.29) is 23.2 Å². The number of fused-ring (bicyclic) bond motifs is 2.